The fourth-order valence-electron chi connectivity index (χ4n) is 3.18. The molecule has 0 unspecified atom stereocenters. The number of benzene rings is 2. The molecule has 0 aromatic heterocycles. The van der Waals surface area contributed by atoms with Gasteiger partial charge in [-0.3, -0.25) is 9.13 Å². The van der Waals surface area contributed by atoms with E-state index in [1.807, 2.05) is 0 Å². The van der Waals surface area contributed by atoms with E-state index in [1.165, 1.54) is 12.1 Å². The highest BCUT2D eigenvalue weighted by atomic mass is 31.2. The van der Waals surface area contributed by atoms with E-state index in [9.17, 15) is 28.7 Å². The molecule has 28 heavy (non-hydrogen) atoms. The lowest BCUT2D eigenvalue weighted by Gasteiger charge is -2.28. The molecule has 0 saturated carbocycles. The maximum atomic E-state index is 12.2. The van der Waals surface area contributed by atoms with Crippen LogP contribution in [0.5, 0.6) is 23.0 Å². The molecular formula is C16H16O10P2. The summed E-state index contributed by atoms with van der Waals surface area (Å²) in [5, 5.41) is -0.928. The third kappa shape index (κ3) is 3.28. The summed E-state index contributed by atoms with van der Waals surface area (Å²) in [5.41, 5.74) is -0.377. The van der Waals surface area contributed by atoms with E-state index in [2.05, 4.69) is 0 Å². The molecule has 150 valence electrons. The first-order valence-electron chi connectivity index (χ1n) is 8.15. The van der Waals surface area contributed by atoms with Crippen molar-refractivity contribution in [1.82, 2.24) is 0 Å². The fourth-order valence-corrected chi connectivity index (χ4v) is 4.73. The average Bonchev–Trinajstić information content (AvgIpc) is 2.64. The Morgan fingerprint density at radius 2 is 0.964 bits per heavy atom. The number of ether oxygens (including phenoxy) is 4. The van der Waals surface area contributed by atoms with E-state index in [0.29, 0.717) is 0 Å². The molecule has 2 heterocycles. The molecule has 10 nitrogen and oxygen atoms in total. The van der Waals surface area contributed by atoms with E-state index in [4.69, 9.17) is 18.9 Å². The molecule has 0 spiro atoms. The molecule has 0 bridgehead atoms. The molecule has 0 amide bonds. The molecule has 0 aliphatic carbocycles. The standard InChI is InChI=1S/C16H16O10P2/c17-27(18,19)11-3-1-9-15(25-7-5-23-9)13(11)14-12(28(20,21)22)4-2-10-16(14)26-8-6-24-10/h1-4H,5-8H2,(H2,17,18,19)(H2,20,21,22). The van der Waals surface area contributed by atoms with E-state index >= 15 is 0 Å². The van der Waals surface area contributed by atoms with Crippen molar-refractivity contribution in [3.63, 3.8) is 0 Å². The monoisotopic (exact) mass is 430 g/mol. The van der Waals surface area contributed by atoms with Crippen LogP contribution < -0.4 is 29.6 Å². The van der Waals surface area contributed by atoms with E-state index in [0.717, 1.165) is 12.1 Å². The minimum atomic E-state index is -4.86. The minimum absolute atomic E-state index is 0.0238. The largest absolute Gasteiger partial charge is 0.486 e. The summed E-state index contributed by atoms with van der Waals surface area (Å²) in [6, 6.07) is 4.99. The predicted molar refractivity (Wildman–Crippen MR) is 97.2 cm³/mol. The third-order valence-corrected chi connectivity index (χ3v) is 6.25. The van der Waals surface area contributed by atoms with Gasteiger partial charge in [0.2, 0.25) is 0 Å². The lowest BCUT2D eigenvalue weighted by molar-refractivity contribution is 0.170. The quantitative estimate of drug-likeness (QED) is 0.507. The Balaban J connectivity index is 2.15. The first-order valence-corrected chi connectivity index (χ1v) is 11.4. The zero-order valence-electron chi connectivity index (χ0n) is 14.3. The van der Waals surface area contributed by atoms with Crippen LogP contribution in [0.4, 0.5) is 0 Å². The molecule has 0 fully saturated rings. The van der Waals surface area contributed by atoms with Gasteiger partial charge >= 0.3 is 15.2 Å². The normalized spacial score (nSPS) is 16.0. The van der Waals surface area contributed by atoms with Crippen molar-refractivity contribution < 1.29 is 47.7 Å². The van der Waals surface area contributed by atoms with Crippen molar-refractivity contribution in [2.45, 2.75) is 0 Å². The smallest absolute Gasteiger partial charge is 0.356 e. The Kier molecular flexibility index (Phi) is 4.66. The Bertz CT molecular complexity index is 955. The lowest BCUT2D eigenvalue weighted by atomic mass is 10.0. The van der Waals surface area contributed by atoms with E-state index in [-0.39, 0.29) is 60.6 Å². The maximum Gasteiger partial charge on any atom is 0.356 e. The number of hydrogen-bond donors (Lipinski definition) is 4. The van der Waals surface area contributed by atoms with Crippen LogP contribution in [-0.2, 0) is 9.13 Å². The summed E-state index contributed by atoms with van der Waals surface area (Å²) in [4.78, 5) is 39.5. The van der Waals surface area contributed by atoms with Gasteiger partial charge in [-0.25, -0.2) is 0 Å². The second kappa shape index (κ2) is 6.77. The zero-order chi connectivity index (χ0) is 20.1. The van der Waals surface area contributed by atoms with Gasteiger partial charge in [-0.05, 0) is 24.3 Å². The number of rotatable bonds is 3. The second-order valence-corrected chi connectivity index (χ2v) is 9.20. The molecule has 2 aliphatic rings. The Morgan fingerprint density at radius 1 is 0.607 bits per heavy atom. The zero-order valence-corrected chi connectivity index (χ0v) is 16.1. The molecule has 2 aromatic rings. The maximum absolute atomic E-state index is 12.2. The predicted octanol–water partition coefficient (Wildman–Crippen LogP) is 0.502. The van der Waals surface area contributed by atoms with Crippen LogP contribution in [0.15, 0.2) is 24.3 Å². The van der Waals surface area contributed by atoms with E-state index < -0.39 is 25.8 Å². The number of hydrogen-bond acceptors (Lipinski definition) is 6. The Labute approximate surface area is 158 Å². The SMILES string of the molecule is O=P(O)(O)c1ccc2c(c1-c1c(P(=O)(O)O)ccc3c1OCCO3)OCCO2. The molecule has 0 atom stereocenters. The summed E-state index contributed by atoms with van der Waals surface area (Å²) < 4.78 is 46.5. The van der Waals surface area contributed by atoms with Crippen molar-refractivity contribution in [2.24, 2.45) is 0 Å². The summed E-state index contributed by atoms with van der Waals surface area (Å²) >= 11 is 0. The van der Waals surface area contributed by atoms with Crippen molar-refractivity contribution in [2.75, 3.05) is 26.4 Å². The van der Waals surface area contributed by atoms with Gasteiger partial charge in [0.05, 0.1) is 10.6 Å². The highest BCUT2D eigenvalue weighted by Crippen LogP contribution is 2.53. The Morgan fingerprint density at radius 3 is 1.32 bits per heavy atom. The van der Waals surface area contributed by atoms with Crippen LogP contribution in [0, 0.1) is 0 Å². The van der Waals surface area contributed by atoms with Gasteiger partial charge in [-0.1, -0.05) is 0 Å². The summed E-state index contributed by atoms with van der Waals surface area (Å²) in [7, 11) is -9.72. The molecule has 0 radical (unpaired) electrons. The van der Waals surface area contributed by atoms with Crippen LogP contribution in [0.3, 0.4) is 0 Å². The van der Waals surface area contributed by atoms with Crippen LogP contribution in [-0.4, -0.2) is 46.0 Å². The van der Waals surface area contributed by atoms with Gasteiger partial charge in [-0.15, -0.1) is 0 Å². The molecular weight excluding hydrogens is 414 g/mol. The molecule has 12 heteroatoms. The topological polar surface area (TPSA) is 152 Å². The van der Waals surface area contributed by atoms with Crippen LogP contribution >= 0.6 is 15.2 Å². The van der Waals surface area contributed by atoms with Crippen molar-refractivity contribution >= 4 is 25.8 Å². The van der Waals surface area contributed by atoms with Gasteiger partial charge < -0.3 is 38.5 Å². The Hall–Kier alpha value is -2.06. The molecule has 2 aromatic carbocycles. The van der Waals surface area contributed by atoms with Crippen molar-refractivity contribution in [1.29, 1.82) is 0 Å². The van der Waals surface area contributed by atoms with Gasteiger partial charge in [0.25, 0.3) is 0 Å². The summed E-state index contributed by atoms with van der Waals surface area (Å²) in [6.45, 7) is 0.642. The fraction of sp³-hybridized carbons (Fsp3) is 0.250. The van der Waals surface area contributed by atoms with Crippen molar-refractivity contribution in [3.8, 4) is 34.1 Å². The van der Waals surface area contributed by atoms with Gasteiger partial charge in [0.15, 0.2) is 23.0 Å². The van der Waals surface area contributed by atoms with Gasteiger partial charge in [0, 0.05) is 11.1 Å². The molecule has 4 rings (SSSR count). The summed E-state index contributed by atoms with van der Waals surface area (Å²) in [5.74, 6) is 0.350. The van der Waals surface area contributed by atoms with Gasteiger partial charge in [-0.2, -0.15) is 0 Å². The highest BCUT2D eigenvalue weighted by Gasteiger charge is 2.37. The highest BCUT2D eigenvalue weighted by molar-refractivity contribution is 7.61. The molecule has 2 aliphatic heterocycles. The average molecular weight is 430 g/mol. The first kappa shape index (κ1) is 19.3. The van der Waals surface area contributed by atoms with Crippen LogP contribution in [0.2, 0.25) is 0 Å². The van der Waals surface area contributed by atoms with Gasteiger partial charge in [0.1, 0.15) is 26.4 Å². The lowest BCUT2D eigenvalue weighted by Crippen LogP contribution is -2.24. The third-order valence-electron chi connectivity index (χ3n) is 4.25. The summed E-state index contributed by atoms with van der Waals surface area (Å²) in [6.07, 6.45) is 0. The molecule has 4 N–H and O–H groups in total. The van der Waals surface area contributed by atoms with E-state index in [1.54, 1.807) is 0 Å². The van der Waals surface area contributed by atoms with Crippen molar-refractivity contribution in [3.05, 3.63) is 24.3 Å². The first-order chi connectivity index (χ1) is 13.2. The van der Waals surface area contributed by atoms with Crippen LogP contribution in [0.25, 0.3) is 11.1 Å². The van der Waals surface area contributed by atoms with Crippen LogP contribution in [0.1, 0.15) is 0 Å². The second-order valence-electron chi connectivity index (χ2n) is 6.06. The molecule has 0 saturated heterocycles. The minimum Gasteiger partial charge on any atom is -0.486 e. The number of fused-ring (bicyclic) bond motifs is 2.